The van der Waals surface area contributed by atoms with E-state index in [1.54, 1.807) is 0 Å². The second-order valence-corrected chi connectivity index (χ2v) is 5.32. The summed E-state index contributed by atoms with van der Waals surface area (Å²) < 4.78 is 0. The van der Waals surface area contributed by atoms with Gasteiger partial charge in [-0.05, 0) is 24.7 Å². The Morgan fingerprint density at radius 1 is 1.21 bits per heavy atom. The van der Waals surface area contributed by atoms with Crippen LogP contribution in [0.3, 0.4) is 0 Å². The van der Waals surface area contributed by atoms with E-state index in [1.165, 1.54) is 38.9 Å². The standard InChI is InChI=1S/C12H24N2/c1-10(2)13-6-7-14-8-11-4-3-5-12(11)9-14/h10-13H,3-9H2,1-2H3. The minimum absolute atomic E-state index is 0.636. The number of hydrogen-bond donors (Lipinski definition) is 1. The number of nitrogens with zero attached hydrogens (tertiary/aromatic N) is 1. The van der Waals surface area contributed by atoms with Crippen molar-refractivity contribution in [1.82, 2.24) is 10.2 Å². The molecule has 2 fully saturated rings. The summed E-state index contributed by atoms with van der Waals surface area (Å²) in [5.41, 5.74) is 0. The molecular formula is C12H24N2. The zero-order valence-electron chi connectivity index (χ0n) is 9.63. The normalized spacial score (nSPS) is 32.8. The van der Waals surface area contributed by atoms with Crippen LogP contribution in [-0.4, -0.2) is 37.1 Å². The van der Waals surface area contributed by atoms with Gasteiger partial charge in [-0.3, -0.25) is 0 Å². The van der Waals surface area contributed by atoms with Crippen molar-refractivity contribution < 1.29 is 0 Å². The molecule has 2 nitrogen and oxygen atoms in total. The third-order valence-electron chi connectivity index (χ3n) is 3.78. The fourth-order valence-corrected chi connectivity index (χ4v) is 3.03. The van der Waals surface area contributed by atoms with E-state index in [-0.39, 0.29) is 0 Å². The predicted octanol–water partition coefficient (Wildman–Crippen LogP) is 1.72. The summed E-state index contributed by atoms with van der Waals surface area (Å²) in [6.45, 7) is 9.62. The summed E-state index contributed by atoms with van der Waals surface area (Å²) in [5.74, 6) is 2.10. The molecule has 1 saturated carbocycles. The minimum Gasteiger partial charge on any atom is -0.313 e. The maximum absolute atomic E-state index is 3.50. The Labute approximate surface area is 88.1 Å². The van der Waals surface area contributed by atoms with Crippen molar-refractivity contribution in [2.45, 2.75) is 39.2 Å². The molecule has 1 aliphatic carbocycles. The Morgan fingerprint density at radius 3 is 2.43 bits per heavy atom. The van der Waals surface area contributed by atoms with Crippen molar-refractivity contribution in [3.8, 4) is 0 Å². The predicted molar refractivity (Wildman–Crippen MR) is 60.4 cm³/mol. The fourth-order valence-electron chi connectivity index (χ4n) is 3.03. The highest BCUT2D eigenvalue weighted by atomic mass is 15.2. The van der Waals surface area contributed by atoms with Gasteiger partial charge in [0.25, 0.3) is 0 Å². The van der Waals surface area contributed by atoms with Gasteiger partial charge < -0.3 is 10.2 Å². The summed E-state index contributed by atoms with van der Waals surface area (Å²) in [4.78, 5) is 2.66. The molecule has 0 aromatic carbocycles. The van der Waals surface area contributed by atoms with Gasteiger partial charge in [0.2, 0.25) is 0 Å². The SMILES string of the molecule is CC(C)NCCN1CC2CCCC2C1. The molecule has 2 unspecified atom stereocenters. The average molecular weight is 196 g/mol. The van der Waals surface area contributed by atoms with Gasteiger partial charge in [-0.25, -0.2) is 0 Å². The highest BCUT2D eigenvalue weighted by Crippen LogP contribution is 2.37. The molecule has 2 heteroatoms. The first kappa shape index (κ1) is 10.4. The Bertz CT molecular complexity index is 167. The lowest BCUT2D eigenvalue weighted by Gasteiger charge is -2.17. The van der Waals surface area contributed by atoms with Gasteiger partial charge in [-0.2, -0.15) is 0 Å². The molecule has 1 saturated heterocycles. The van der Waals surface area contributed by atoms with E-state index in [1.807, 2.05) is 0 Å². The summed E-state index contributed by atoms with van der Waals surface area (Å²) >= 11 is 0. The molecule has 0 bridgehead atoms. The van der Waals surface area contributed by atoms with Crippen LogP contribution in [0.5, 0.6) is 0 Å². The first-order valence-electron chi connectivity index (χ1n) is 6.21. The van der Waals surface area contributed by atoms with Gasteiger partial charge in [-0.15, -0.1) is 0 Å². The topological polar surface area (TPSA) is 15.3 Å². The molecule has 1 N–H and O–H groups in total. The van der Waals surface area contributed by atoms with Crippen molar-refractivity contribution in [1.29, 1.82) is 0 Å². The van der Waals surface area contributed by atoms with Crippen LogP contribution in [0.1, 0.15) is 33.1 Å². The number of likely N-dealkylation sites (tertiary alicyclic amines) is 1. The smallest absolute Gasteiger partial charge is 0.0107 e. The van der Waals surface area contributed by atoms with E-state index in [0.717, 1.165) is 18.4 Å². The molecular weight excluding hydrogens is 172 g/mol. The molecule has 2 rings (SSSR count). The van der Waals surface area contributed by atoms with Crippen LogP contribution in [0, 0.1) is 11.8 Å². The van der Waals surface area contributed by atoms with Crippen LogP contribution in [0.4, 0.5) is 0 Å². The molecule has 0 amide bonds. The highest BCUT2D eigenvalue weighted by Gasteiger charge is 2.35. The Balaban J connectivity index is 1.64. The lowest BCUT2D eigenvalue weighted by atomic mass is 10.0. The highest BCUT2D eigenvalue weighted by molar-refractivity contribution is 4.88. The van der Waals surface area contributed by atoms with Gasteiger partial charge in [0, 0.05) is 32.2 Å². The van der Waals surface area contributed by atoms with Crippen molar-refractivity contribution in [3.63, 3.8) is 0 Å². The largest absolute Gasteiger partial charge is 0.313 e. The lowest BCUT2D eigenvalue weighted by molar-refractivity contribution is 0.306. The Hall–Kier alpha value is -0.0800. The van der Waals surface area contributed by atoms with Crippen LogP contribution in [0.15, 0.2) is 0 Å². The minimum atomic E-state index is 0.636. The molecule has 1 aliphatic heterocycles. The van der Waals surface area contributed by atoms with E-state index in [4.69, 9.17) is 0 Å². The third-order valence-corrected chi connectivity index (χ3v) is 3.78. The molecule has 2 aliphatic rings. The van der Waals surface area contributed by atoms with Gasteiger partial charge in [-0.1, -0.05) is 20.3 Å². The Morgan fingerprint density at radius 2 is 1.86 bits per heavy atom. The summed E-state index contributed by atoms with van der Waals surface area (Å²) in [5, 5.41) is 3.50. The van der Waals surface area contributed by atoms with E-state index in [9.17, 15) is 0 Å². The first-order valence-corrected chi connectivity index (χ1v) is 6.21. The molecule has 0 spiro atoms. The van der Waals surface area contributed by atoms with Crippen molar-refractivity contribution in [2.24, 2.45) is 11.8 Å². The zero-order valence-corrected chi connectivity index (χ0v) is 9.63. The summed E-state index contributed by atoms with van der Waals surface area (Å²) in [7, 11) is 0. The van der Waals surface area contributed by atoms with Crippen molar-refractivity contribution in [3.05, 3.63) is 0 Å². The van der Waals surface area contributed by atoms with Gasteiger partial charge >= 0.3 is 0 Å². The van der Waals surface area contributed by atoms with Crippen LogP contribution in [-0.2, 0) is 0 Å². The number of nitrogens with one attached hydrogen (secondary N) is 1. The molecule has 82 valence electrons. The van der Waals surface area contributed by atoms with Crippen LogP contribution < -0.4 is 5.32 Å². The summed E-state index contributed by atoms with van der Waals surface area (Å²) in [6.07, 6.45) is 4.49. The van der Waals surface area contributed by atoms with Crippen molar-refractivity contribution in [2.75, 3.05) is 26.2 Å². The van der Waals surface area contributed by atoms with E-state index in [2.05, 4.69) is 24.1 Å². The second-order valence-electron chi connectivity index (χ2n) is 5.32. The fraction of sp³-hybridized carbons (Fsp3) is 1.00. The van der Waals surface area contributed by atoms with Crippen LogP contribution in [0.25, 0.3) is 0 Å². The second kappa shape index (κ2) is 4.63. The lowest BCUT2D eigenvalue weighted by Crippen LogP contribution is -2.34. The molecule has 0 radical (unpaired) electrons. The first-order chi connectivity index (χ1) is 6.75. The third kappa shape index (κ3) is 2.48. The Kier molecular flexibility index (Phi) is 3.45. The quantitative estimate of drug-likeness (QED) is 0.736. The van der Waals surface area contributed by atoms with Crippen molar-refractivity contribution >= 4 is 0 Å². The maximum atomic E-state index is 3.50. The van der Waals surface area contributed by atoms with Crippen LogP contribution in [0.2, 0.25) is 0 Å². The molecule has 0 aromatic heterocycles. The number of hydrogen-bond acceptors (Lipinski definition) is 2. The van der Waals surface area contributed by atoms with Gasteiger partial charge in [0.05, 0.1) is 0 Å². The molecule has 1 heterocycles. The van der Waals surface area contributed by atoms with Gasteiger partial charge in [0.1, 0.15) is 0 Å². The van der Waals surface area contributed by atoms with E-state index < -0.39 is 0 Å². The van der Waals surface area contributed by atoms with E-state index in [0.29, 0.717) is 6.04 Å². The summed E-state index contributed by atoms with van der Waals surface area (Å²) in [6, 6.07) is 0.636. The molecule has 0 aromatic rings. The number of fused-ring (bicyclic) bond motifs is 1. The average Bonchev–Trinajstić information content (AvgIpc) is 2.62. The zero-order chi connectivity index (χ0) is 9.97. The van der Waals surface area contributed by atoms with E-state index >= 15 is 0 Å². The maximum Gasteiger partial charge on any atom is 0.0107 e. The monoisotopic (exact) mass is 196 g/mol. The van der Waals surface area contributed by atoms with Crippen LogP contribution >= 0.6 is 0 Å². The number of rotatable bonds is 4. The van der Waals surface area contributed by atoms with Gasteiger partial charge in [0.15, 0.2) is 0 Å². The molecule has 14 heavy (non-hydrogen) atoms. The molecule has 2 atom stereocenters.